The largest absolute Gasteiger partial charge is 0.485 e. The average Bonchev–Trinajstić information content (AvgIpc) is 3.42. The van der Waals surface area contributed by atoms with Gasteiger partial charge in [0.15, 0.2) is 16.9 Å². The Labute approximate surface area is 279 Å². The Kier molecular flexibility index (Phi) is 8.93. The highest BCUT2D eigenvalue weighted by atomic mass is 32.3. The van der Waals surface area contributed by atoms with E-state index < -0.39 is 57.2 Å². The number of thiazole rings is 1. The molecular formula is C28H36N8O10S2. The normalized spacial score (nSPS) is 26.7. The van der Waals surface area contributed by atoms with E-state index in [2.05, 4.69) is 24.7 Å². The average molecular weight is 709 g/mol. The van der Waals surface area contributed by atoms with Crippen molar-refractivity contribution in [2.24, 2.45) is 21.6 Å². The molecule has 3 aliphatic rings. The Morgan fingerprint density at radius 2 is 1.96 bits per heavy atom. The Bertz CT molecular complexity index is 1820. The molecule has 18 nitrogen and oxygen atoms in total. The number of nitrogens with one attached hydrogen (secondary N) is 1. The highest BCUT2D eigenvalue weighted by Gasteiger charge is 2.58. The molecule has 1 saturated carbocycles. The number of nitrogens with zero attached hydrogens (tertiary/aromatic N) is 4. The summed E-state index contributed by atoms with van der Waals surface area (Å²) in [5, 5.41) is 18.4. The number of anilines is 1. The number of rotatable bonds is 11. The molecule has 0 radical (unpaired) electrons. The molecule has 1 aromatic heterocycles. The number of benzene rings is 1. The summed E-state index contributed by atoms with van der Waals surface area (Å²) in [6, 6.07) is 3.99. The smallest absolute Gasteiger partial charge is 0.418 e. The molecule has 0 bridgehead atoms. The summed E-state index contributed by atoms with van der Waals surface area (Å²) in [5.41, 5.74) is 15.0. The van der Waals surface area contributed by atoms with Gasteiger partial charge in [-0.25, -0.2) is 9.78 Å². The molecular weight excluding hydrogens is 672 g/mol. The van der Waals surface area contributed by atoms with Gasteiger partial charge >= 0.3 is 16.4 Å². The van der Waals surface area contributed by atoms with Crippen LogP contribution in [-0.4, -0.2) is 92.3 Å². The van der Waals surface area contributed by atoms with Crippen LogP contribution in [0.5, 0.6) is 5.75 Å². The number of aliphatic carboxylic acids is 1. The van der Waals surface area contributed by atoms with Crippen LogP contribution >= 0.6 is 11.3 Å². The second-order valence-corrected chi connectivity index (χ2v) is 14.7. The Hall–Kier alpha value is -4.37. The maximum absolute atomic E-state index is 13.4. The number of carbonyl (C=O) groups excluding carboxylic acids is 2. The van der Waals surface area contributed by atoms with Gasteiger partial charge in [-0.2, -0.15) is 13.5 Å². The fourth-order valence-corrected chi connectivity index (χ4v) is 6.85. The summed E-state index contributed by atoms with van der Waals surface area (Å²) in [6.45, 7) is 5.97. The van der Waals surface area contributed by atoms with E-state index in [9.17, 15) is 27.9 Å². The van der Waals surface area contributed by atoms with E-state index in [1.165, 1.54) is 26.2 Å². The first-order chi connectivity index (χ1) is 22.2. The van der Waals surface area contributed by atoms with Gasteiger partial charge in [-0.05, 0) is 77.1 Å². The molecule has 2 fully saturated rings. The van der Waals surface area contributed by atoms with Crippen LogP contribution < -0.4 is 27.3 Å². The number of carboxylic acids is 1. The molecule has 3 heterocycles. The van der Waals surface area contributed by atoms with Gasteiger partial charge in [0, 0.05) is 17.0 Å². The molecule has 48 heavy (non-hydrogen) atoms. The van der Waals surface area contributed by atoms with Crippen molar-refractivity contribution in [3.63, 3.8) is 0 Å². The third-order valence-electron chi connectivity index (χ3n) is 8.56. The second-order valence-electron chi connectivity index (χ2n) is 12.8. The number of β-lactam (4-membered cyclic amide) rings is 1. The lowest BCUT2D eigenvalue weighted by Gasteiger charge is -2.50. The van der Waals surface area contributed by atoms with Crippen molar-refractivity contribution >= 4 is 56.2 Å². The van der Waals surface area contributed by atoms with Crippen LogP contribution in [0.15, 0.2) is 33.7 Å². The number of amidine groups is 1. The number of hydroxylamine groups is 2. The number of carbonyl (C=O) groups is 3. The van der Waals surface area contributed by atoms with Crippen LogP contribution in [0.4, 0.5) is 5.13 Å². The zero-order valence-electron chi connectivity index (χ0n) is 26.4. The zero-order chi connectivity index (χ0) is 35.4. The van der Waals surface area contributed by atoms with Gasteiger partial charge in [0.2, 0.25) is 0 Å². The Morgan fingerprint density at radius 1 is 1.27 bits per heavy atom. The van der Waals surface area contributed by atoms with Crippen molar-refractivity contribution in [3.05, 3.63) is 40.4 Å². The molecule has 2 aliphatic heterocycles. The predicted molar refractivity (Wildman–Crippen MR) is 171 cm³/mol. The lowest BCUT2D eigenvalue weighted by atomic mass is 9.75. The summed E-state index contributed by atoms with van der Waals surface area (Å²) < 4.78 is 41.7. The van der Waals surface area contributed by atoms with Crippen LogP contribution in [0.2, 0.25) is 0 Å². The minimum absolute atomic E-state index is 0.0573. The number of carboxylic acid groups (broad SMARTS) is 1. The van der Waals surface area contributed by atoms with E-state index in [0.717, 1.165) is 29.7 Å². The summed E-state index contributed by atoms with van der Waals surface area (Å²) in [5.74, 6) is -2.68. The number of hydrogen-bond donors (Lipinski definition) is 6. The molecule has 2 amide bonds. The maximum atomic E-state index is 13.4. The van der Waals surface area contributed by atoms with E-state index >= 15 is 0 Å². The number of nitrogens with two attached hydrogens (primary N) is 3. The molecule has 1 aliphatic carbocycles. The number of oxime groups is 1. The predicted octanol–water partition coefficient (Wildman–Crippen LogP) is 0.108. The van der Waals surface area contributed by atoms with Gasteiger partial charge in [0.1, 0.15) is 23.3 Å². The first kappa shape index (κ1) is 35.0. The van der Waals surface area contributed by atoms with Crippen molar-refractivity contribution in [2.45, 2.75) is 88.2 Å². The molecule has 5 rings (SSSR count). The van der Waals surface area contributed by atoms with E-state index in [4.69, 9.17) is 31.3 Å². The number of nitrogen functional groups attached to an aromatic ring is 1. The van der Waals surface area contributed by atoms with Gasteiger partial charge in [0.25, 0.3) is 17.4 Å². The number of aromatic nitrogens is 1. The molecule has 20 heteroatoms. The first-order valence-electron chi connectivity index (χ1n) is 14.7. The number of amides is 2. The van der Waals surface area contributed by atoms with Crippen molar-refractivity contribution < 1.29 is 46.3 Å². The summed E-state index contributed by atoms with van der Waals surface area (Å²) in [7, 11) is -5.03. The fraction of sp³-hybridized carbons (Fsp3) is 0.500. The second kappa shape index (κ2) is 12.3. The molecule has 0 spiro atoms. The van der Waals surface area contributed by atoms with Crippen LogP contribution in [0.3, 0.4) is 0 Å². The van der Waals surface area contributed by atoms with Gasteiger partial charge in [-0.1, -0.05) is 5.16 Å². The molecule has 260 valence electrons. The lowest BCUT2D eigenvalue weighted by molar-refractivity contribution is -0.218. The lowest BCUT2D eigenvalue weighted by Crippen LogP contribution is -2.76. The zero-order valence-corrected chi connectivity index (χ0v) is 28.0. The number of fused-ring (bicyclic) bond motifs is 1. The van der Waals surface area contributed by atoms with Crippen molar-refractivity contribution in [2.75, 3.05) is 5.73 Å². The third-order valence-corrected chi connectivity index (χ3v) is 9.57. The summed E-state index contributed by atoms with van der Waals surface area (Å²) in [6.07, 6.45) is 0.996. The van der Waals surface area contributed by atoms with Gasteiger partial charge in [0.05, 0.1) is 11.1 Å². The fourth-order valence-electron chi connectivity index (χ4n) is 5.85. The van der Waals surface area contributed by atoms with Gasteiger partial charge in [-0.15, -0.1) is 15.6 Å². The molecule has 1 aromatic carbocycles. The van der Waals surface area contributed by atoms with Gasteiger partial charge < -0.3 is 37.2 Å². The first-order valence-corrected chi connectivity index (χ1v) is 16.9. The summed E-state index contributed by atoms with van der Waals surface area (Å²) >= 11 is 0.963. The SMILES string of the molecule is CC1(N=C(N)c2ccc3c(c2)CCC(C(C)(ON=C(C(=O)NC2C(=O)N(OS(=O)(=O)O)C2(C)C)c2csc(N)n2)C(=O)O)O3)CC(N)C1. The number of ether oxygens (including phenoxy) is 1. The van der Waals surface area contributed by atoms with Crippen LogP contribution in [0.1, 0.15) is 63.8 Å². The van der Waals surface area contributed by atoms with Crippen molar-refractivity contribution in [3.8, 4) is 5.75 Å². The van der Waals surface area contributed by atoms with E-state index in [0.29, 0.717) is 28.6 Å². The standard InChI is InChI=1S/C28H36N8O10S2/c1-26(2)20(23(38)36(26)46-48(41,42)43)33-22(37)19(16-12-47-25(31)32-16)35-45-28(4,24(39)40)18-8-6-13-9-14(5-7-17(13)44-18)21(30)34-27(3)10-15(29)11-27/h5,7,9,12,15,18,20H,6,8,10-11,29H2,1-4H3,(H2,30,34)(H2,31,32)(H,33,37)(H,39,40)(H,41,42,43). The summed E-state index contributed by atoms with van der Waals surface area (Å²) in [4.78, 5) is 52.9. The molecule has 2 aromatic rings. The monoisotopic (exact) mass is 708 g/mol. The number of aliphatic imine (C=N–C) groups is 1. The number of aryl methyl sites for hydroxylation is 1. The van der Waals surface area contributed by atoms with E-state index in [1.54, 1.807) is 12.1 Å². The van der Waals surface area contributed by atoms with Crippen molar-refractivity contribution in [1.29, 1.82) is 0 Å². The van der Waals surface area contributed by atoms with E-state index in [1.807, 2.05) is 13.0 Å². The molecule has 9 N–H and O–H groups in total. The Morgan fingerprint density at radius 3 is 2.52 bits per heavy atom. The van der Waals surface area contributed by atoms with Crippen molar-refractivity contribution in [1.82, 2.24) is 15.4 Å². The minimum Gasteiger partial charge on any atom is -0.485 e. The highest BCUT2D eigenvalue weighted by Crippen LogP contribution is 2.37. The highest BCUT2D eigenvalue weighted by molar-refractivity contribution is 7.80. The molecule has 3 atom stereocenters. The minimum atomic E-state index is -5.03. The third kappa shape index (κ3) is 6.79. The van der Waals surface area contributed by atoms with Crippen LogP contribution in [0.25, 0.3) is 0 Å². The molecule has 3 unspecified atom stereocenters. The van der Waals surface area contributed by atoms with E-state index in [-0.39, 0.29) is 28.8 Å². The van der Waals surface area contributed by atoms with Gasteiger partial charge in [-0.3, -0.25) is 19.1 Å². The quantitative estimate of drug-likeness (QED) is 0.0594. The van der Waals surface area contributed by atoms with Crippen LogP contribution in [0, 0.1) is 0 Å². The molecule has 1 saturated heterocycles. The maximum Gasteiger partial charge on any atom is 0.418 e. The van der Waals surface area contributed by atoms with Crippen LogP contribution in [-0.2, 0) is 40.3 Å². The number of hydrogen-bond acceptors (Lipinski definition) is 14. The Balaban J connectivity index is 1.35. The topological polar surface area (TPSA) is 284 Å².